The third-order valence-electron chi connectivity index (χ3n) is 5.35. The van der Waals surface area contributed by atoms with Gasteiger partial charge in [0.25, 0.3) is 11.4 Å². The van der Waals surface area contributed by atoms with Crippen LogP contribution in [0.25, 0.3) is 0 Å². The number of nitrogens with zero attached hydrogens (tertiary/aromatic N) is 1. The van der Waals surface area contributed by atoms with E-state index in [1.165, 1.54) is 20.8 Å². The summed E-state index contributed by atoms with van der Waals surface area (Å²) in [5, 5.41) is 16.2. The van der Waals surface area contributed by atoms with Crippen LogP contribution in [0.5, 0.6) is 0 Å². The maximum atomic E-state index is 16.0. The van der Waals surface area contributed by atoms with Gasteiger partial charge in [0.05, 0.1) is 12.7 Å². The van der Waals surface area contributed by atoms with Crippen LogP contribution < -0.4 is 21.4 Å². The first-order valence-corrected chi connectivity index (χ1v) is 14.8. The third kappa shape index (κ3) is 7.69. The van der Waals surface area contributed by atoms with Gasteiger partial charge in [0.2, 0.25) is 0 Å². The van der Waals surface area contributed by atoms with Crippen LogP contribution in [0.15, 0.2) is 21.9 Å². The smallest absolute Gasteiger partial charge is 0.330 e. The molecule has 1 saturated heterocycles. The Kier molecular flexibility index (Phi) is 10.8. The minimum Gasteiger partial charge on any atom is -0.465 e. The molecule has 13 nitrogen and oxygen atoms in total. The molecular weight excluding hydrogens is 570 g/mol. The summed E-state index contributed by atoms with van der Waals surface area (Å²) in [6.45, 7) is 4.45. The topological polar surface area (TPSA) is 170 Å². The van der Waals surface area contributed by atoms with Gasteiger partial charge in [0.1, 0.15) is 29.7 Å². The number of alkyl halides is 2. The van der Waals surface area contributed by atoms with Crippen LogP contribution in [-0.2, 0) is 40.1 Å². The third-order valence-corrected chi connectivity index (χ3v) is 8.64. The number of halogens is 2. The largest absolute Gasteiger partial charge is 0.465 e. The molecule has 1 aliphatic heterocycles. The summed E-state index contributed by atoms with van der Waals surface area (Å²) in [5.74, 6) is -4.36. The highest BCUT2D eigenvalue weighted by Gasteiger charge is 2.63. The molecule has 1 fully saturated rings. The number of aliphatic hydroxyl groups excluding tert-OH is 1. The van der Waals surface area contributed by atoms with Gasteiger partial charge in [-0.1, -0.05) is 0 Å². The highest BCUT2D eigenvalue weighted by molar-refractivity contribution is 8.10. The van der Waals surface area contributed by atoms with Gasteiger partial charge in [-0.25, -0.2) is 19.4 Å². The number of aromatic nitrogens is 2. The lowest BCUT2D eigenvalue weighted by atomic mass is 10.00. The molecule has 0 aliphatic carbocycles. The molecule has 1 aromatic heterocycles. The van der Waals surface area contributed by atoms with Crippen molar-refractivity contribution in [3.05, 3.63) is 33.1 Å². The van der Waals surface area contributed by atoms with Crippen molar-refractivity contribution < 1.29 is 37.8 Å². The van der Waals surface area contributed by atoms with E-state index in [0.717, 1.165) is 16.8 Å². The SMILES string of the molecule is CCOC(=O)C(C)NP(=S)(NC(C)C(=O)OC(C)C)OC[C@@]1(F)O[C@@H](n2ccc(=O)[nH]c2=O)[C@](C)(Cl)[C@@H]1O. The molecule has 0 saturated carbocycles. The first-order valence-electron chi connectivity index (χ1n) is 11.7. The summed E-state index contributed by atoms with van der Waals surface area (Å²) in [6.07, 6.45) is -2.99. The standard InChI is InChI=1S/C21H33ClFN4O9PS/c1-7-33-15(29)12(4)25-37(38,26-13(5)16(30)35-11(2)3)34-10-21(23)17(31)20(6,22)18(36-21)27-9-8-14(28)24-19(27)32/h8-9,11-13,17-18,31H,7,10H2,1-6H3,(H,24,28,32)(H2,25,26,38)/t12?,13?,17-,18+,20+,21+,37?/m0/s1. The van der Waals surface area contributed by atoms with E-state index in [-0.39, 0.29) is 6.61 Å². The molecule has 4 N–H and O–H groups in total. The lowest BCUT2D eigenvalue weighted by Crippen LogP contribution is -2.48. The van der Waals surface area contributed by atoms with Gasteiger partial charge in [-0.3, -0.25) is 23.9 Å². The molecule has 0 radical (unpaired) electrons. The number of aromatic amines is 1. The second-order valence-electron chi connectivity index (χ2n) is 9.09. The van der Waals surface area contributed by atoms with E-state index >= 15 is 4.39 Å². The summed E-state index contributed by atoms with van der Waals surface area (Å²) < 4.78 is 38.0. The number of carbonyl (C=O) groups excluding carboxylic acids is 2. The normalized spacial score (nSPS) is 28.5. The molecule has 2 heterocycles. The zero-order chi connectivity index (χ0) is 29.1. The average Bonchev–Trinajstić information content (AvgIpc) is 2.98. The van der Waals surface area contributed by atoms with Crippen LogP contribution in [0.4, 0.5) is 4.39 Å². The quantitative estimate of drug-likeness (QED) is 0.151. The molecule has 2 rings (SSSR count). The van der Waals surface area contributed by atoms with Gasteiger partial charge in [-0.2, -0.15) is 0 Å². The van der Waals surface area contributed by atoms with Gasteiger partial charge < -0.3 is 23.8 Å². The Morgan fingerprint density at radius 3 is 2.39 bits per heavy atom. The monoisotopic (exact) mass is 602 g/mol. The summed E-state index contributed by atoms with van der Waals surface area (Å²) >= 11 is 12.0. The first kappa shape index (κ1) is 32.5. The molecule has 7 atom stereocenters. The molecule has 0 aromatic carbocycles. The second kappa shape index (κ2) is 12.6. The van der Waals surface area contributed by atoms with Gasteiger partial charge >= 0.3 is 17.6 Å². The molecule has 216 valence electrons. The Bertz CT molecular complexity index is 1180. The van der Waals surface area contributed by atoms with Crippen molar-refractivity contribution in [2.45, 2.75) is 82.8 Å². The number of H-pyrrole nitrogens is 1. The van der Waals surface area contributed by atoms with Crippen LogP contribution in [0.3, 0.4) is 0 Å². The molecule has 0 bridgehead atoms. The van der Waals surface area contributed by atoms with Crippen molar-refractivity contribution in [2.75, 3.05) is 13.2 Å². The predicted molar refractivity (Wildman–Crippen MR) is 139 cm³/mol. The lowest BCUT2D eigenvalue weighted by Gasteiger charge is -2.32. The number of carbonyl (C=O) groups is 2. The predicted octanol–water partition coefficient (Wildman–Crippen LogP) is 0.802. The van der Waals surface area contributed by atoms with Crippen molar-refractivity contribution in [3.8, 4) is 0 Å². The highest BCUT2D eigenvalue weighted by Crippen LogP contribution is 2.51. The molecule has 17 heteroatoms. The number of hydrogen-bond acceptors (Lipinski definition) is 10. The Balaban J connectivity index is 2.32. The molecule has 3 unspecified atom stereocenters. The van der Waals surface area contributed by atoms with Crippen LogP contribution in [0, 0.1) is 0 Å². The van der Waals surface area contributed by atoms with E-state index < -0.39 is 77.6 Å². The number of hydrogen-bond donors (Lipinski definition) is 4. The first-order chi connectivity index (χ1) is 17.5. The fourth-order valence-electron chi connectivity index (χ4n) is 3.48. The second-order valence-corrected chi connectivity index (χ2v) is 13.3. The molecule has 0 amide bonds. The minimum atomic E-state index is -3.64. The number of aliphatic hydroxyl groups is 1. The minimum absolute atomic E-state index is 0.0898. The highest BCUT2D eigenvalue weighted by atomic mass is 35.5. The van der Waals surface area contributed by atoms with Gasteiger partial charge in [-0.05, 0) is 53.3 Å². The molecule has 1 aliphatic rings. The fourth-order valence-corrected chi connectivity index (χ4v) is 6.71. The molecular formula is C21H33ClFN4O9PS. The number of ether oxygens (including phenoxy) is 3. The van der Waals surface area contributed by atoms with Gasteiger partial charge in [-0.15, -0.1) is 11.6 Å². The van der Waals surface area contributed by atoms with Crippen molar-refractivity contribution >= 4 is 41.9 Å². The summed E-state index contributed by atoms with van der Waals surface area (Å²) in [4.78, 5) is 48.4. The van der Waals surface area contributed by atoms with Crippen LogP contribution in [-0.4, -0.2) is 74.8 Å². The summed E-state index contributed by atoms with van der Waals surface area (Å²) in [5.41, 5.74) is -1.64. The fraction of sp³-hybridized carbons (Fsp3) is 0.714. The number of esters is 2. The summed E-state index contributed by atoms with van der Waals surface area (Å²) in [7, 11) is 0. The summed E-state index contributed by atoms with van der Waals surface area (Å²) in [6, 6.07) is -1.07. The maximum absolute atomic E-state index is 16.0. The average molecular weight is 603 g/mol. The van der Waals surface area contributed by atoms with Crippen molar-refractivity contribution in [1.82, 2.24) is 19.7 Å². The molecule has 1 aromatic rings. The van der Waals surface area contributed by atoms with E-state index in [2.05, 4.69) is 10.2 Å². The molecule has 38 heavy (non-hydrogen) atoms. The van der Waals surface area contributed by atoms with Crippen molar-refractivity contribution in [1.29, 1.82) is 0 Å². The van der Waals surface area contributed by atoms with Gasteiger partial charge in [0.15, 0.2) is 12.8 Å². The van der Waals surface area contributed by atoms with E-state index in [1.54, 1.807) is 20.8 Å². The van der Waals surface area contributed by atoms with Gasteiger partial charge in [0, 0.05) is 12.3 Å². The Labute approximate surface area is 228 Å². The van der Waals surface area contributed by atoms with E-state index in [1.807, 2.05) is 4.98 Å². The lowest BCUT2D eigenvalue weighted by molar-refractivity contribution is -0.202. The van der Waals surface area contributed by atoms with E-state index in [4.69, 9.17) is 42.1 Å². The van der Waals surface area contributed by atoms with E-state index in [9.17, 15) is 24.3 Å². The molecule has 0 spiro atoms. The van der Waals surface area contributed by atoms with E-state index in [0.29, 0.717) is 0 Å². The Morgan fingerprint density at radius 2 is 1.87 bits per heavy atom. The number of rotatable bonds is 12. The van der Waals surface area contributed by atoms with Crippen LogP contribution in [0.1, 0.15) is 47.8 Å². The van der Waals surface area contributed by atoms with Crippen LogP contribution >= 0.6 is 18.2 Å². The van der Waals surface area contributed by atoms with Crippen molar-refractivity contribution in [3.63, 3.8) is 0 Å². The zero-order valence-electron chi connectivity index (χ0n) is 21.7. The maximum Gasteiger partial charge on any atom is 0.330 e. The zero-order valence-corrected chi connectivity index (χ0v) is 24.2. The number of nitrogens with one attached hydrogen (secondary N) is 3. The van der Waals surface area contributed by atoms with Crippen molar-refractivity contribution in [2.24, 2.45) is 0 Å². The Hall–Kier alpha value is -1.71. The Morgan fingerprint density at radius 1 is 1.29 bits per heavy atom. The van der Waals surface area contributed by atoms with Crippen LogP contribution in [0.2, 0.25) is 0 Å².